The number of carbonyl (C=O) groups is 1. The van der Waals surface area contributed by atoms with Gasteiger partial charge in [0.1, 0.15) is 0 Å². The van der Waals surface area contributed by atoms with E-state index in [4.69, 9.17) is 9.47 Å². The highest BCUT2D eigenvalue weighted by Crippen LogP contribution is 2.26. The van der Waals surface area contributed by atoms with E-state index in [1.807, 2.05) is 19.1 Å². The van der Waals surface area contributed by atoms with E-state index in [2.05, 4.69) is 32.0 Å². The molecule has 22 heavy (non-hydrogen) atoms. The highest BCUT2D eigenvalue weighted by atomic mass is 16.6. The Bertz CT molecular complexity index is 647. The molecule has 0 amide bonds. The number of hydrogen-bond donors (Lipinski definition) is 0. The van der Waals surface area contributed by atoms with E-state index < -0.39 is 0 Å². The second kappa shape index (κ2) is 7.64. The number of para-hydroxylation sites is 2. The Balaban J connectivity index is 1.96. The van der Waals surface area contributed by atoms with Crippen LogP contribution in [0.4, 0.5) is 0 Å². The number of benzene rings is 2. The maximum Gasteiger partial charge on any atom is 0.311 e. The molecule has 2 aromatic rings. The predicted octanol–water partition coefficient (Wildman–Crippen LogP) is 4.24. The third-order valence-electron chi connectivity index (χ3n) is 3.47. The zero-order valence-electron chi connectivity index (χ0n) is 13.4. The first-order valence-corrected chi connectivity index (χ1v) is 7.58. The number of rotatable bonds is 6. The number of esters is 1. The molecule has 0 aliphatic heterocycles. The Labute approximate surface area is 131 Å². The van der Waals surface area contributed by atoms with Crippen LogP contribution in [0.2, 0.25) is 0 Å². The Kier molecular flexibility index (Phi) is 5.59. The van der Waals surface area contributed by atoms with Crippen LogP contribution in [0.25, 0.3) is 0 Å². The lowest BCUT2D eigenvalue weighted by atomic mass is 10.0. The van der Waals surface area contributed by atoms with Crippen LogP contribution in [0, 0.1) is 13.8 Å². The zero-order chi connectivity index (χ0) is 15.9. The van der Waals surface area contributed by atoms with Gasteiger partial charge in [-0.2, -0.15) is 0 Å². The number of carbonyl (C=O) groups excluding carboxylic acids is 1. The van der Waals surface area contributed by atoms with Crippen LogP contribution in [0.5, 0.6) is 11.5 Å². The Morgan fingerprint density at radius 3 is 2.45 bits per heavy atom. The molecule has 0 fully saturated rings. The summed E-state index contributed by atoms with van der Waals surface area (Å²) in [7, 11) is 0. The molecule has 2 rings (SSSR count). The van der Waals surface area contributed by atoms with Gasteiger partial charge in [-0.1, -0.05) is 35.9 Å². The molecule has 0 N–H and O–H groups in total. The van der Waals surface area contributed by atoms with Crippen molar-refractivity contribution in [1.29, 1.82) is 0 Å². The van der Waals surface area contributed by atoms with Crippen LogP contribution in [-0.2, 0) is 11.2 Å². The summed E-state index contributed by atoms with van der Waals surface area (Å²) in [5.74, 6) is 0.840. The molecule has 0 unspecified atom stereocenters. The molecule has 0 aliphatic carbocycles. The van der Waals surface area contributed by atoms with Gasteiger partial charge in [0.25, 0.3) is 0 Å². The maximum absolute atomic E-state index is 12.0. The van der Waals surface area contributed by atoms with Gasteiger partial charge in [-0.3, -0.25) is 4.79 Å². The summed E-state index contributed by atoms with van der Waals surface area (Å²) in [6, 6.07) is 13.5. The minimum absolute atomic E-state index is 0.243. The van der Waals surface area contributed by atoms with Gasteiger partial charge in [-0.25, -0.2) is 0 Å². The Hall–Kier alpha value is -2.29. The van der Waals surface area contributed by atoms with Gasteiger partial charge < -0.3 is 9.47 Å². The van der Waals surface area contributed by atoms with E-state index in [0.717, 1.165) is 0 Å². The highest BCUT2D eigenvalue weighted by molar-refractivity contribution is 5.73. The van der Waals surface area contributed by atoms with E-state index in [1.54, 1.807) is 12.1 Å². The van der Waals surface area contributed by atoms with E-state index >= 15 is 0 Å². The molecule has 0 saturated carbocycles. The molecule has 3 nitrogen and oxygen atoms in total. The molecule has 0 aliphatic rings. The van der Waals surface area contributed by atoms with Crippen LogP contribution in [-0.4, -0.2) is 12.6 Å². The molecule has 0 saturated heterocycles. The molecular weight excluding hydrogens is 276 g/mol. The Morgan fingerprint density at radius 1 is 1.05 bits per heavy atom. The topological polar surface area (TPSA) is 35.5 Å². The van der Waals surface area contributed by atoms with Gasteiger partial charge in [0.05, 0.1) is 6.61 Å². The van der Waals surface area contributed by atoms with Crippen molar-refractivity contribution in [3.63, 3.8) is 0 Å². The standard InChI is InChI=1S/C19H22O3/c1-4-21-17-7-5-6-8-18(17)22-19(20)12-11-16-10-9-14(2)13-15(16)3/h5-10,13H,4,11-12H2,1-3H3. The van der Waals surface area contributed by atoms with Gasteiger partial charge in [0.15, 0.2) is 11.5 Å². The third-order valence-corrected chi connectivity index (χ3v) is 3.47. The molecule has 116 valence electrons. The van der Waals surface area contributed by atoms with Crippen molar-refractivity contribution in [1.82, 2.24) is 0 Å². The smallest absolute Gasteiger partial charge is 0.311 e. The first kappa shape index (κ1) is 16.1. The molecule has 0 aromatic heterocycles. The molecule has 2 aromatic carbocycles. The minimum Gasteiger partial charge on any atom is -0.490 e. The average molecular weight is 298 g/mol. The summed E-state index contributed by atoms with van der Waals surface area (Å²) < 4.78 is 10.9. The highest BCUT2D eigenvalue weighted by Gasteiger charge is 2.10. The van der Waals surface area contributed by atoms with Crippen LogP contribution in [0.3, 0.4) is 0 Å². The predicted molar refractivity (Wildman–Crippen MR) is 87.5 cm³/mol. The van der Waals surface area contributed by atoms with Crippen molar-refractivity contribution < 1.29 is 14.3 Å². The summed E-state index contributed by atoms with van der Waals surface area (Å²) in [5.41, 5.74) is 3.62. The van der Waals surface area contributed by atoms with Gasteiger partial charge >= 0.3 is 5.97 Å². The summed E-state index contributed by atoms with van der Waals surface area (Å²) in [6.07, 6.45) is 1.03. The van der Waals surface area contributed by atoms with Crippen LogP contribution in [0.15, 0.2) is 42.5 Å². The average Bonchev–Trinajstić information content (AvgIpc) is 2.48. The van der Waals surface area contributed by atoms with Crippen molar-refractivity contribution in [3.8, 4) is 11.5 Å². The van der Waals surface area contributed by atoms with Crippen LogP contribution >= 0.6 is 0 Å². The Morgan fingerprint density at radius 2 is 1.77 bits per heavy atom. The lowest BCUT2D eigenvalue weighted by molar-refractivity contribution is -0.134. The molecule has 0 radical (unpaired) electrons. The quantitative estimate of drug-likeness (QED) is 0.591. The fraction of sp³-hybridized carbons (Fsp3) is 0.316. The summed E-state index contributed by atoms with van der Waals surface area (Å²) in [6.45, 7) is 6.57. The van der Waals surface area contributed by atoms with Crippen molar-refractivity contribution in [3.05, 3.63) is 59.2 Å². The second-order valence-corrected chi connectivity index (χ2v) is 5.28. The van der Waals surface area contributed by atoms with Crippen molar-refractivity contribution in [2.75, 3.05) is 6.61 Å². The van der Waals surface area contributed by atoms with Crippen LogP contribution in [0.1, 0.15) is 30.0 Å². The first-order valence-electron chi connectivity index (χ1n) is 7.58. The van der Waals surface area contributed by atoms with Gasteiger partial charge in [-0.05, 0) is 50.5 Å². The monoisotopic (exact) mass is 298 g/mol. The number of aryl methyl sites for hydroxylation is 3. The van der Waals surface area contributed by atoms with Crippen molar-refractivity contribution in [2.24, 2.45) is 0 Å². The van der Waals surface area contributed by atoms with Crippen molar-refractivity contribution in [2.45, 2.75) is 33.6 Å². The van der Waals surface area contributed by atoms with E-state index in [0.29, 0.717) is 30.9 Å². The van der Waals surface area contributed by atoms with E-state index in [-0.39, 0.29) is 5.97 Å². The summed E-state index contributed by atoms with van der Waals surface area (Å²) in [5, 5.41) is 0. The minimum atomic E-state index is -0.243. The molecule has 0 spiro atoms. The zero-order valence-corrected chi connectivity index (χ0v) is 13.4. The lowest BCUT2D eigenvalue weighted by Crippen LogP contribution is -2.10. The van der Waals surface area contributed by atoms with E-state index in [1.165, 1.54) is 16.7 Å². The summed E-state index contributed by atoms with van der Waals surface area (Å²) in [4.78, 5) is 12.0. The van der Waals surface area contributed by atoms with Gasteiger partial charge in [0, 0.05) is 6.42 Å². The van der Waals surface area contributed by atoms with Crippen LogP contribution < -0.4 is 9.47 Å². The van der Waals surface area contributed by atoms with Crippen molar-refractivity contribution >= 4 is 5.97 Å². The SMILES string of the molecule is CCOc1ccccc1OC(=O)CCc1ccc(C)cc1C. The third kappa shape index (κ3) is 4.35. The number of hydrogen-bond acceptors (Lipinski definition) is 3. The molecular formula is C19H22O3. The fourth-order valence-corrected chi connectivity index (χ4v) is 2.35. The lowest BCUT2D eigenvalue weighted by Gasteiger charge is -2.10. The largest absolute Gasteiger partial charge is 0.490 e. The molecule has 3 heteroatoms. The summed E-state index contributed by atoms with van der Waals surface area (Å²) >= 11 is 0. The molecule has 0 heterocycles. The normalized spacial score (nSPS) is 10.3. The first-order chi connectivity index (χ1) is 10.6. The fourth-order valence-electron chi connectivity index (χ4n) is 2.35. The van der Waals surface area contributed by atoms with E-state index in [9.17, 15) is 4.79 Å². The molecule has 0 bridgehead atoms. The maximum atomic E-state index is 12.0. The number of ether oxygens (including phenoxy) is 2. The van der Waals surface area contributed by atoms with Gasteiger partial charge in [0.2, 0.25) is 0 Å². The van der Waals surface area contributed by atoms with Gasteiger partial charge in [-0.15, -0.1) is 0 Å². The second-order valence-electron chi connectivity index (χ2n) is 5.28. The molecule has 0 atom stereocenters.